The average Bonchev–Trinajstić information content (AvgIpc) is 1.59. The van der Waals surface area contributed by atoms with Gasteiger partial charge in [0.2, 0.25) is 0 Å². The number of hydrogen-bond donors (Lipinski definition) is 0. The number of alkyl halides is 2. The number of hydrogen-bond acceptors (Lipinski definition) is 1. The zero-order chi connectivity index (χ0) is 6.85. The first kappa shape index (κ1) is 7.36. The Hall–Kier alpha value is 0.250. The summed E-state index contributed by atoms with van der Waals surface area (Å²) in [6.45, 7) is 0. The van der Waals surface area contributed by atoms with Crippen LogP contribution in [0.5, 0.6) is 0 Å². The predicted octanol–water partition coefficient (Wildman–Crippen LogP) is 1.95. The quantitative estimate of drug-likeness (QED) is 0.504. The largest absolute Gasteiger partial charge is 0.300 e. The van der Waals surface area contributed by atoms with Crippen LogP contribution >= 0.6 is 23.2 Å². The van der Waals surface area contributed by atoms with Crippen molar-refractivity contribution in [2.45, 2.75) is 30.0 Å². The minimum absolute atomic E-state index is 0.0197. The van der Waals surface area contributed by atoms with Crippen LogP contribution in [0.15, 0.2) is 0 Å². The van der Waals surface area contributed by atoms with E-state index in [2.05, 4.69) is 0 Å². The molecule has 3 heteroatoms. The fourth-order valence-corrected chi connectivity index (χ4v) is 1.89. The highest BCUT2D eigenvalue weighted by molar-refractivity contribution is 6.26. The molecule has 0 radical (unpaired) electrons. The van der Waals surface area contributed by atoms with Crippen molar-refractivity contribution >= 4 is 29.0 Å². The summed E-state index contributed by atoms with van der Waals surface area (Å²) in [6, 6.07) is 0. The van der Waals surface area contributed by atoms with E-state index in [0.717, 1.165) is 6.42 Å². The second kappa shape index (κ2) is 2.89. The second-order valence-electron chi connectivity index (χ2n) is 2.38. The van der Waals surface area contributed by atoms with E-state index in [9.17, 15) is 4.79 Å². The normalized spacial score (nSPS) is 36.9. The van der Waals surface area contributed by atoms with Crippen LogP contribution in [0.2, 0.25) is 0 Å². The summed E-state index contributed by atoms with van der Waals surface area (Å²) in [6.07, 6.45) is 1.78. The third-order valence-electron chi connectivity index (χ3n) is 1.41. The number of rotatable bonds is 0. The molecule has 1 nitrogen and oxygen atoms in total. The lowest BCUT2D eigenvalue weighted by molar-refractivity contribution is -0.119. The molecule has 0 spiro atoms. The van der Waals surface area contributed by atoms with Gasteiger partial charge in [-0.05, 0) is 6.42 Å². The summed E-state index contributed by atoms with van der Waals surface area (Å²) < 4.78 is 0. The second-order valence-corrected chi connectivity index (χ2v) is 3.61. The minimum atomic E-state index is -0.0197. The highest BCUT2D eigenvalue weighted by Gasteiger charge is 2.23. The summed E-state index contributed by atoms with van der Waals surface area (Å²) in [5.41, 5.74) is 0. The fourth-order valence-electron chi connectivity index (χ4n) is 1.02. The number of ketones is 1. The molecule has 0 amide bonds. The molecule has 9 heavy (non-hydrogen) atoms. The molecule has 1 aliphatic carbocycles. The molecule has 1 saturated carbocycles. The van der Waals surface area contributed by atoms with Crippen LogP contribution in [-0.2, 0) is 4.79 Å². The first-order chi connectivity index (χ1) is 4.18. The number of carbonyl (C=O) groups is 1. The van der Waals surface area contributed by atoms with Gasteiger partial charge in [0.1, 0.15) is 5.78 Å². The van der Waals surface area contributed by atoms with Gasteiger partial charge in [0.05, 0.1) is 0 Å². The zero-order valence-electron chi connectivity index (χ0n) is 4.94. The van der Waals surface area contributed by atoms with Crippen LogP contribution in [-0.4, -0.2) is 16.5 Å². The average molecular weight is 167 g/mol. The van der Waals surface area contributed by atoms with Gasteiger partial charge in [-0.2, -0.15) is 0 Å². The Balaban J connectivity index is 2.43. The van der Waals surface area contributed by atoms with E-state index in [0.29, 0.717) is 12.8 Å². The maximum absolute atomic E-state index is 10.7. The smallest absolute Gasteiger partial charge is 0.135 e. The standard InChI is InChI=1S/C6H8Cl2O/c7-4-1-5(8)3-6(9)2-4/h4-5H,1-3H2. The lowest BCUT2D eigenvalue weighted by Crippen LogP contribution is -2.22. The van der Waals surface area contributed by atoms with Crippen molar-refractivity contribution in [2.75, 3.05) is 0 Å². The fraction of sp³-hybridized carbons (Fsp3) is 0.833. The molecule has 0 aliphatic heterocycles. The van der Waals surface area contributed by atoms with Gasteiger partial charge in [0.15, 0.2) is 0 Å². The third kappa shape index (κ3) is 2.15. The lowest BCUT2D eigenvalue weighted by Gasteiger charge is -2.18. The van der Waals surface area contributed by atoms with Crippen LogP contribution in [0.4, 0.5) is 0 Å². The van der Waals surface area contributed by atoms with Gasteiger partial charge in [-0.25, -0.2) is 0 Å². The first-order valence-electron chi connectivity index (χ1n) is 2.98. The molecule has 0 aromatic carbocycles. The van der Waals surface area contributed by atoms with Crippen molar-refractivity contribution < 1.29 is 4.79 Å². The molecule has 0 N–H and O–H groups in total. The molecule has 2 unspecified atom stereocenters. The number of carbonyl (C=O) groups excluding carboxylic acids is 1. The van der Waals surface area contributed by atoms with Gasteiger partial charge in [0, 0.05) is 23.6 Å². The molecule has 0 aromatic rings. The Labute approximate surface area is 64.3 Å². The van der Waals surface area contributed by atoms with Crippen molar-refractivity contribution in [3.63, 3.8) is 0 Å². The molecule has 0 saturated heterocycles. The Bertz CT molecular complexity index is 112. The molecule has 1 fully saturated rings. The molecule has 1 aliphatic rings. The molecule has 52 valence electrons. The van der Waals surface area contributed by atoms with Crippen LogP contribution in [0.3, 0.4) is 0 Å². The van der Waals surface area contributed by atoms with Gasteiger partial charge in [-0.1, -0.05) is 0 Å². The monoisotopic (exact) mass is 166 g/mol. The van der Waals surface area contributed by atoms with Crippen molar-refractivity contribution in [3.8, 4) is 0 Å². The van der Waals surface area contributed by atoms with E-state index in [-0.39, 0.29) is 16.5 Å². The molecule has 2 atom stereocenters. The zero-order valence-corrected chi connectivity index (χ0v) is 6.45. The van der Waals surface area contributed by atoms with Crippen molar-refractivity contribution in [2.24, 2.45) is 0 Å². The van der Waals surface area contributed by atoms with E-state index in [1.165, 1.54) is 0 Å². The van der Waals surface area contributed by atoms with Gasteiger partial charge in [0.25, 0.3) is 0 Å². The number of halogens is 2. The van der Waals surface area contributed by atoms with Crippen LogP contribution in [0.25, 0.3) is 0 Å². The maximum Gasteiger partial charge on any atom is 0.135 e. The van der Waals surface area contributed by atoms with E-state index in [1.54, 1.807) is 0 Å². The van der Waals surface area contributed by atoms with Gasteiger partial charge in [-0.15, -0.1) is 23.2 Å². The van der Waals surface area contributed by atoms with E-state index >= 15 is 0 Å². The molecule has 0 bridgehead atoms. The molecule has 0 aromatic heterocycles. The molecular weight excluding hydrogens is 159 g/mol. The topological polar surface area (TPSA) is 17.1 Å². The van der Waals surface area contributed by atoms with Crippen molar-refractivity contribution in [1.29, 1.82) is 0 Å². The Morgan fingerprint density at radius 3 is 2.00 bits per heavy atom. The summed E-state index contributed by atoms with van der Waals surface area (Å²) >= 11 is 11.4. The molecular formula is C6H8Cl2O. The van der Waals surface area contributed by atoms with E-state index < -0.39 is 0 Å². The van der Waals surface area contributed by atoms with Gasteiger partial charge >= 0.3 is 0 Å². The number of Topliss-reactive ketones (excluding diaryl/α,β-unsaturated/α-hetero) is 1. The summed E-state index contributed by atoms with van der Waals surface area (Å²) in [7, 11) is 0. The minimum Gasteiger partial charge on any atom is -0.300 e. The lowest BCUT2D eigenvalue weighted by atomic mass is 9.98. The highest BCUT2D eigenvalue weighted by atomic mass is 35.5. The van der Waals surface area contributed by atoms with Crippen LogP contribution in [0, 0.1) is 0 Å². The van der Waals surface area contributed by atoms with Crippen LogP contribution in [0.1, 0.15) is 19.3 Å². The third-order valence-corrected chi connectivity index (χ3v) is 2.07. The summed E-state index contributed by atoms with van der Waals surface area (Å²) in [5, 5.41) is -0.0394. The van der Waals surface area contributed by atoms with Crippen molar-refractivity contribution in [3.05, 3.63) is 0 Å². The van der Waals surface area contributed by atoms with E-state index in [4.69, 9.17) is 23.2 Å². The van der Waals surface area contributed by atoms with Crippen molar-refractivity contribution in [1.82, 2.24) is 0 Å². The van der Waals surface area contributed by atoms with Crippen LogP contribution < -0.4 is 0 Å². The molecule has 0 heterocycles. The van der Waals surface area contributed by atoms with E-state index in [1.807, 2.05) is 0 Å². The predicted molar refractivity (Wildman–Crippen MR) is 38.1 cm³/mol. The summed E-state index contributed by atoms with van der Waals surface area (Å²) in [4.78, 5) is 10.7. The Kier molecular flexibility index (Phi) is 2.36. The Morgan fingerprint density at radius 2 is 1.67 bits per heavy atom. The molecule has 1 rings (SSSR count). The van der Waals surface area contributed by atoms with Gasteiger partial charge < -0.3 is 0 Å². The van der Waals surface area contributed by atoms with Gasteiger partial charge in [-0.3, -0.25) is 4.79 Å². The maximum atomic E-state index is 10.7. The highest BCUT2D eigenvalue weighted by Crippen LogP contribution is 2.23. The SMILES string of the molecule is O=C1CC(Cl)CC(Cl)C1. The first-order valence-corrected chi connectivity index (χ1v) is 3.85. The summed E-state index contributed by atoms with van der Waals surface area (Å²) in [5.74, 6) is 0.196. The Morgan fingerprint density at radius 1 is 1.22 bits per heavy atom.